The topological polar surface area (TPSA) is 36.9 Å². The van der Waals surface area contributed by atoms with Crippen LogP contribution in [-0.4, -0.2) is 40.7 Å². The van der Waals surface area contributed by atoms with Crippen LogP contribution in [-0.2, 0) is 18.6 Å². The summed E-state index contributed by atoms with van der Waals surface area (Å²) in [6, 6.07) is 8.13. The predicted molar refractivity (Wildman–Crippen MR) is 88.6 cm³/mol. The van der Waals surface area contributed by atoms with Crippen molar-refractivity contribution in [3.8, 4) is 0 Å². The van der Waals surface area contributed by atoms with Gasteiger partial charge in [0.25, 0.3) is 0 Å². The van der Waals surface area contributed by atoms with Gasteiger partial charge in [0.15, 0.2) is 0 Å². The molecular formula is C16H24B2O4. The van der Waals surface area contributed by atoms with E-state index in [-0.39, 0.29) is 25.1 Å². The second-order valence-electron chi connectivity index (χ2n) is 7.90. The van der Waals surface area contributed by atoms with Gasteiger partial charge in [0, 0.05) is 37.3 Å². The van der Waals surface area contributed by atoms with E-state index >= 15 is 0 Å². The van der Waals surface area contributed by atoms with Crippen LogP contribution in [0, 0.1) is 10.8 Å². The first-order chi connectivity index (χ1) is 10.3. The van der Waals surface area contributed by atoms with Gasteiger partial charge in [-0.1, -0.05) is 52.0 Å². The zero-order valence-electron chi connectivity index (χ0n) is 13.9. The molecule has 0 amide bonds. The maximum Gasteiger partial charge on any atom is 0.493 e. The van der Waals surface area contributed by atoms with Gasteiger partial charge >= 0.3 is 14.2 Å². The van der Waals surface area contributed by atoms with Gasteiger partial charge < -0.3 is 18.6 Å². The van der Waals surface area contributed by atoms with E-state index in [1.165, 1.54) is 0 Å². The molecule has 0 saturated carbocycles. The van der Waals surface area contributed by atoms with E-state index in [1.54, 1.807) is 0 Å². The number of hydrogen-bond acceptors (Lipinski definition) is 4. The SMILES string of the molecule is CC1(C)COB(c2ccc(B3OCC(C)(C)CO3)cc2)OC1. The molecule has 118 valence electrons. The van der Waals surface area contributed by atoms with Gasteiger partial charge in [0.05, 0.1) is 0 Å². The van der Waals surface area contributed by atoms with Crippen LogP contribution in [0.25, 0.3) is 0 Å². The third-order valence-electron chi connectivity index (χ3n) is 3.98. The van der Waals surface area contributed by atoms with Crippen molar-refractivity contribution in [2.45, 2.75) is 27.7 Å². The van der Waals surface area contributed by atoms with E-state index in [1.807, 2.05) is 24.3 Å². The van der Waals surface area contributed by atoms with Gasteiger partial charge in [0.1, 0.15) is 0 Å². The largest absolute Gasteiger partial charge is 0.493 e. The van der Waals surface area contributed by atoms with E-state index in [4.69, 9.17) is 18.6 Å². The molecule has 0 radical (unpaired) electrons. The Bertz CT molecular complexity index is 448. The molecule has 0 atom stereocenters. The van der Waals surface area contributed by atoms with Crippen molar-refractivity contribution >= 4 is 25.2 Å². The summed E-state index contributed by atoms with van der Waals surface area (Å²) < 4.78 is 23.2. The van der Waals surface area contributed by atoms with Gasteiger partial charge in [-0.15, -0.1) is 0 Å². The summed E-state index contributed by atoms with van der Waals surface area (Å²) >= 11 is 0. The smallest absolute Gasteiger partial charge is 0.407 e. The zero-order chi connectivity index (χ0) is 15.8. The molecular weight excluding hydrogens is 278 g/mol. The van der Waals surface area contributed by atoms with Crippen LogP contribution in [0.15, 0.2) is 24.3 Å². The molecule has 2 heterocycles. The first-order valence-corrected chi connectivity index (χ1v) is 7.91. The zero-order valence-corrected chi connectivity index (χ0v) is 13.9. The molecule has 0 spiro atoms. The summed E-state index contributed by atoms with van der Waals surface area (Å²) in [7, 11) is -0.539. The summed E-state index contributed by atoms with van der Waals surface area (Å²) in [5.41, 5.74) is 2.26. The van der Waals surface area contributed by atoms with Crippen molar-refractivity contribution in [1.29, 1.82) is 0 Å². The minimum atomic E-state index is -0.269. The Morgan fingerprint density at radius 1 is 0.636 bits per heavy atom. The Hall–Kier alpha value is -0.810. The van der Waals surface area contributed by atoms with Crippen molar-refractivity contribution in [2.24, 2.45) is 10.8 Å². The molecule has 0 aromatic heterocycles. The molecule has 3 rings (SSSR count). The Kier molecular flexibility index (Phi) is 4.38. The van der Waals surface area contributed by atoms with E-state index in [0.717, 1.165) is 10.9 Å². The fourth-order valence-electron chi connectivity index (χ4n) is 2.58. The molecule has 22 heavy (non-hydrogen) atoms. The second-order valence-corrected chi connectivity index (χ2v) is 7.90. The third-order valence-corrected chi connectivity index (χ3v) is 3.98. The van der Waals surface area contributed by atoms with Crippen molar-refractivity contribution in [1.82, 2.24) is 0 Å². The molecule has 0 bridgehead atoms. The molecule has 0 aliphatic carbocycles. The van der Waals surface area contributed by atoms with E-state index in [0.29, 0.717) is 26.4 Å². The highest BCUT2D eigenvalue weighted by Gasteiger charge is 2.35. The highest BCUT2D eigenvalue weighted by atomic mass is 16.6. The lowest BCUT2D eigenvalue weighted by molar-refractivity contribution is 0.0340. The van der Waals surface area contributed by atoms with Gasteiger partial charge in [-0.2, -0.15) is 0 Å². The minimum Gasteiger partial charge on any atom is -0.407 e. The van der Waals surface area contributed by atoms with Crippen LogP contribution in [0.1, 0.15) is 27.7 Å². The first-order valence-electron chi connectivity index (χ1n) is 7.91. The van der Waals surface area contributed by atoms with E-state index in [9.17, 15) is 0 Å². The molecule has 2 aliphatic rings. The molecule has 4 nitrogen and oxygen atoms in total. The number of rotatable bonds is 2. The van der Waals surface area contributed by atoms with E-state index < -0.39 is 0 Å². The number of benzene rings is 1. The lowest BCUT2D eigenvalue weighted by Gasteiger charge is -2.34. The lowest BCUT2D eigenvalue weighted by atomic mass is 9.71. The Morgan fingerprint density at radius 2 is 0.909 bits per heavy atom. The highest BCUT2D eigenvalue weighted by Crippen LogP contribution is 2.22. The monoisotopic (exact) mass is 302 g/mol. The predicted octanol–water partition coefficient (Wildman–Crippen LogP) is 1.22. The normalized spacial score (nSPS) is 24.4. The van der Waals surface area contributed by atoms with Crippen molar-refractivity contribution in [2.75, 3.05) is 26.4 Å². The Morgan fingerprint density at radius 3 is 1.18 bits per heavy atom. The summed E-state index contributed by atoms with van der Waals surface area (Å²) in [6.45, 7) is 11.4. The highest BCUT2D eigenvalue weighted by molar-refractivity contribution is 6.63. The maximum absolute atomic E-state index is 5.81. The van der Waals surface area contributed by atoms with Gasteiger partial charge in [0.2, 0.25) is 0 Å². The molecule has 0 N–H and O–H groups in total. The summed E-state index contributed by atoms with van der Waals surface area (Å²) in [5.74, 6) is 0. The minimum absolute atomic E-state index is 0.0903. The fraction of sp³-hybridized carbons (Fsp3) is 0.625. The maximum atomic E-state index is 5.81. The molecule has 2 fully saturated rings. The van der Waals surface area contributed by atoms with E-state index in [2.05, 4.69) is 27.7 Å². The van der Waals surface area contributed by atoms with Crippen LogP contribution < -0.4 is 10.9 Å². The van der Waals surface area contributed by atoms with Crippen LogP contribution in [0.2, 0.25) is 0 Å². The summed E-state index contributed by atoms with van der Waals surface area (Å²) in [4.78, 5) is 0. The fourth-order valence-corrected chi connectivity index (χ4v) is 2.58. The van der Waals surface area contributed by atoms with Gasteiger partial charge in [-0.05, 0) is 10.9 Å². The molecule has 1 aromatic rings. The molecule has 6 heteroatoms. The molecule has 2 saturated heterocycles. The Labute approximate surface area is 133 Å². The van der Waals surface area contributed by atoms with Gasteiger partial charge in [-0.3, -0.25) is 0 Å². The van der Waals surface area contributed by atoms with Gasteiger partial charge in [-0.25, -0.2) is 0 Å². The average molecular weight is 302 g/mol. The lowest BCUT2D eigenvalue weighted by Crippen LogP contribution is -2.49. The second kappa shape index (κ2) is 6.00. The van der Waals surface area contributed by atoms with Crippen molar-refractivity contribution in [3.63, 3.8) is 0 Å². The molecule has 2 aliphatic heterocycles. The Balaban J connectivity index is 1.61. The summed E-state index contributed by atoms with van der Waals surface area (Å²) in [5, 5.41) is 0. The average Bonchev–Trinajstić information content (AvgIpc) is 2.48. The molecule has 1 aromatic carbocycles. The number of hydrogen-bond donors (Lipinski definition) is 0. The van der Waals surface area contributed by atoms with Crippen molar-refractivity contribution in [3.05, 3.63) is 24.3 Å². The standard InChI is InChI=1S/C16H24B2O4/c1-15(2)9-19-17(20-10-15)13-5-7-14(8-6-13)18-21-11-16(3,4)12-22-18/h5-8H,9-12H2,1-4H3. The van der Waals surface area contributed by atoms with Crippen LogP contribution in [0.3, 0.4) is 0 Å². The van der Waals surface area contributed by atoms with Crippen LogP contribution in [0.5, 0.6) is 0 Å². The van der Waals surface area contributed by atoms with Crippen LogP contribution in [0.4, 0.5) is 0 Å². The van der Waals surface area contributed by atoms with Crippen LogP contribution >= 0.6 is 0 Å². The summed E-state index contributed by atoms with van der Waals surface area (Å²) in [6.07, 6.45) is 0. The molecule has 0 unspecified atom stereocenters. The van der Waals surface area contributed by atoms with Crippen molar-refractivity contribution < 1.29 is 18.6 Å². The first kappa shape index (κ1) is 16.1. The quantitative estimate of drug-likeness (QED) is 0.770. The third kappa shape index (κ3) is 3.74.